The van der Waals surface area contributed by atoms with E-state index >= 15 is 0 Å². The number of benzene rings is 2. The van der Waals surface area contributed by atoms with Crippen molar-refractivity contribution in [2.75, 3.05) is 18.4 Å². The normalized spacial score (nSPS) is 16.1. The fourth-order valence-corrected chi connectivity index (χ4v) is 3.28. The first-order valence-electron chi connectivity index (χ1n) is 8.13. The molecular formula is C19H20BrFN2O. The van der Waals surface area contributed by atoms with E-state index in [1.807, 2.05) is 0 Å². The van der Waals surface area contributed by atoms with Crippen LogP contribution in [0.15, 0.2) is 53.0 Å². The monoisotopic (exact) mass is 390 g/mol. The van der Waals surface area contributed by atoms with Crippen LogP contribution >= 0.6 is 15.9 Å². The smallest absolute Gasteiger partial charge is 0.227 e. The minimum atomic E-state index is -0.336. The van der Waals surface area contributed by atoms with E-state index in [1.54, 1.807) is 12.1 Å². The van der Waals surface area contributed by atoms with E-state index < -0.39 is 0 Å². The van der Waals surface area contributed by atoms with Gasteiger partial charge in [-0.15, -0.1) is 0 Å². The number of likely N-dealkylation sites (tertiary alicyclic amines) is 1. The molecule has 1 amide bonds. The number of amides is 1. The third-order valence-corrected chi connectivity index (χ3v) is 4.90. The summed E-state index contributed by atoms with van der Waals surface area (Å²) in [5.41, 5.74) is 1.80. The van der Waals surface area contributed by atoms with Gasteiger partial charge in [0.1, 0.15) is 5.82 Å². The Kier molecular flexibility index (Phi) is 5.63. The molecule has 0 atom stereocenters. The molecule has 1 aliphatic heterocycles. The zero-order valence-corrected chi connectivity index (χ0v) is 14.9. The summed E-state index contributed by atoms with van der Waals surface area (Å²) in [6.45, 7) is 2.71. The molecule has 0 saturated carbocycles. The number of rotatable bonds is 4. The largest absolute Gasteiger partial charge is 0.326 e. The molecule has 126 valence electrons. The highest BCUT2D eigenvalue weighted by molar-refractivity contribution is 9.10. The molecule has 1 heterocycles. The van der Waals surface area contributed by atoms with Crippen molar-refractivity contribution >= 4 is 27.5 Å². The van der Waals surface area contributed by atoms with Gasteiger partial charge in [-0.1, -0.05) is 34.1 Å². The lowest BCUT2D eigenvalue weighted by Crippen LogP contribution is -2.37. The summed E-state index contributed by atoms with van der Waals surface area (Å²) < 4.78 is 14.3. The lowest BCUT2D eigenvalue weighted by Gasteiger charge is -2.31. The Morgan fingerprint density at radius 3 is 2.54 bits per heavy atom. The number of nitrogens with zero attached hydrogens (tertiary/aromatic N) is 1. The van der Waals surface area contributed by atoms with E-state index in [2.05, 4.69) is 50.4 Å². The van der Waals surface area contributed by atoms with Crippen molar-refractivity contribution in [3.63, 3.8) is 0 Å². The lowest BCUT2D eigenvalue weighted by molar-refractivity contribution is -0.121. The number of hydrogen-bond donors (Lipinski definition) is 1. The van der Waals surface area contributed by atoms with Crippen LogP contribution in [0.4, 0.5) is 10.1 Å². The maximum absolute atomic E-state index is 13.2. The number of carbonyl (C=O) groups is 1. The molecule has 24 heavy (non-hydrogen) atoms. The Hall–Kier alpha value is -1.72. The van der Waals surface area contributed by atoms with Gasteiger partial charge in [0.15, 0.2) is 0 Å². The fraction of sp³-hybridized carbons (Fsp3) is 0.316. The Morgan fingerprint density at radius 2 is 1.88 bits per heavy atom. The summed E-state index contributed by atoms with van der Waals surface area (Å²) in [6, 6.07) is 14.4. The Labute approximate surface area is 150 Å². The van der Waals surface area contributed by atoms with Gasteiger partial charge in [0.25, 0.3) is 0 Å². The number of halogens is 2. The molecule has 1 fully saturated rings. The lowest BCUT2D eigenvalue weighted by atomic mass is 9.95. The van der Waals surface area contributed by atoms with Gasteiger partial charge in [0, 0.05) is 22.6 Å². The number of hydrogen-bond acceptors (Lipinski definition) is 2. The summed E-state index contributed by atoms with van der Waals surface area (Å²) in [4.78, 5) is 14.7. The van der Waals surface area contributed by atoms with Crippen molar-refractivity contribution in [3.8, 4) is 0 Å². The Balaban J connectivity index is 1.49. The van der Waals surface area contributed by atoms with Gasteiger partial charge in [-0.2, -0.15) is 0 Å². The molecule has 1 saturated heterocycles. The molecule has 5 heteroatoms. The summed E-state index contributed by atoms with van der Waals surface area (Å²) in [7, 11) is 0. The van der Waals surface area contributed by atoms with Gasteiger partial charge in [-0.05, 0) is 61.8 Å². The van der Waals surface area contributed by atoms with Crippen molar-refractivity contribution in [1.82, 2.24) is 4.90 Å². The second-order valence-corrected chi connectivity index (χ2v) is 7.09. The van der Waals surface area contributed by atoms with Crippen molar-refractivity contribution in [3.05, 3.63) is 64.4 Å². The summed E-state index contributed by atoms with van der Waals surface area (Å²) >= 11 is 3.44. The van der Waals surface area contributed by atoms with E-state index in [1.165, 1.54) is 17.7 Å². The average molecular weight is 391 g/mol. The van der Waals surface area contributed by atoms with Crippen LogP contribution in [0.3, 0.4) is 0 Å². The van der Waals surface area contributed by atoms with Crippen molar-refractivity contribution in [2.24, 2.45) is 5.92 Å². The third-order valence-electron chi connectivity index (χ3n) is 4.37. The molecule has 2 aromatic rings. The van der Waals surface area contributed by atoms with Gasteiger partial charge >= 0.3 is 0 Å². The molecule has 0 radical (unpaired) electrons. The standard InChI is InChI=1S/C19H20BrFN2O/c20-16-6-4-14(5-7-16)13-23-10-8-15(9-11-23)19(24)22-18-3-1-2-17(21)12-18/h1-7,12,15H,8-11,13H2,(H,22,24). The zero-order chi connectivity index (χ0) is 16.9. The van der Waals surface area contributed by atoms with Gasteiger partial charge in [-0.3, -0.25) is 9.69 Å². The fourth-order valence-electron chi connectivity index (χ4n) is 3.01. The molecule has 1 aliphatic rings. The maximum atomic E-state index is 13.2. The highest BCUT2D eigenvalue weighted by Gasteiger charge is 2.25. The molecular weight excluding hydrogens is 371 g/mol. The summed E-state index contributed by atoms with van der Waals surface area (Å²) in [5, 5.41) is 2.82. The number of nitrogens with one attached hydrogen (secondary N) is 1. The number of anilines is 1. The molecule has 2 aromatic carbocycles. The topological polar surface area (TPSA) is 32.3 Å². The van der Waals surface area contributed by atoms with Crippen molar-refractivity contribution in [2.45, 2.75) is 19.4 Å². The van der Waals surface area contributed by atoms with Gasteiger partial charge in [-0.25, -0.2) is 4.39 Å². The Bertz CT molecular complexity index is 697. The minimum absolute atomic E-state index is 0.00515. The van der Waals surface area contributed by atoms with Crippen LogP contribution in [-0.4, -0.2) is 23.9 Å². The zero-order valence-electron chi connectivity index (χ0n) is 13.3. The number of piperidine rings is 1. The van der Waals surface area contributed by atoms with Crippen LogP contribution in [0.25, 0.3) is 0 Å². The van der Waals surface area contributed by atoms with Crippen molar-refractivity contribution in [1.29, 1.82) is 0 Å². The van der Waals surface area contributed by atoms with E-state index in [0.717, 1.165) is 36.9 Å². The van der Waals surface area contributed by atoms with Crippen LogP contribution in [0.5, 0.6) is 0 Å². The summed E-state index contributed by atoms with van der Waals surface area (Å²) in [5.74, 6) is -0.351. The van der Waals surface area contributed by atoms with Gasteiger partial charge < -0.3 is 5.32 Å². The second kappa shape index (κ2) is 7.90. The Morgan fingerprint density at radius 1 is 1.17 bits per heavy atom. The van der Waals surface area contributed by atoms with E-state index in [9.17, 15) is 9.18 Å². The van der Waals surface area contributed by atoms with E-state index in [0.29, 0.717) is 5.69 Å². The molecule has 0 unspecified atom stereocenters. The molecule has 0 aromatic heterocycles. The third kappa shape index (κ3) is 4.65. The van der Waals surface area contributed by atoms with E-state index in [4.69, 9.17) is 0 Å². The predicted octanol–water partition coefficient (Wildman–Crippen LogP) is 4.44. The highest BCUT2D eigenvalue weighted by Crippen LogP contribution is 2.22. The SMILES string of the molecule is O=C(Nc1cccc(F)c1)C1CCN(Cc2ccc(Br)cc2)CC1. The van der Waals surface area contributed by atoms with Crippen LogP contribution in [0.1, 0.15) is 18.4 Å². The van der Waals surface area contributed by atoms with E-state index in [-0.39, 0.29) is 17.6 Å². The quantitative estimate of drug-likeness (QED) is 0.836. The van der Waals surface area contributed by atoms with Crippen LogP contribution < -0.4 is 5.32 Å². The van der Waals surface area contributed by atoms with Crippen LogP contribution in [-0.2, 0) is 11.3 Å². The minimum Gasteiger partial charge on any atom is -0.326 e. The van der Waals surface area contributed by atoms with Crippen LogP contribution in [0.2, 0.25) is 0 Å². The predicted molar refractivity (Wildman–Crippen MR) is 97.2 cm³/mol. The van der Waals surface area contributed by atoms with Gasteiger partial charge in [0.05, 0.1) is 0 Å². The maximum Gasteiger partial charge on any atom is 0.227 e. The first kappa shape index (κ1) is 17.1. The van der Waals surface area contributed by atoms with Gasteiger partial charge in [0.2, 0.25) is 5.91 Å². The number of carbonyl (C=O) groups excluding carboxylic acids is 1. The van der Waals surface area contributed by atoms with Crippen molar-refractivity contribution < 1.29 is 9.18 Å². The highest BCUT2D eigenvalue weighted by atomic mass is 79.9. The average Bonchev–Trinajstić information content (AvgIpc) is 2.57. The van der Waals surface area contributed by atoms with Crippen LogP contribution in [0, 0.1) is 11.7 Å². The first-order chi connectivity index (χ1) is 11.6. The molecule has 3 rings (SSSR count). The first-order valence-corrected chi connectivity index (χ1v) is 8.93. The second-order valence-electron chi connectivity index (χ2n) is 6.18. The molecule has 0 bridgehead atoms. The molecule has 1 N–H and O–H groups in total. The molecule has 3 nitrogen and oxygen atoms in total. The summed E-state index contributed by atoms with van der Waals surface area (Å²) in [6.07, 6.45) is 1.66. The molecule has 0 aliphatic carbocycles. The molecule has 0 spiro atoms.